The third kappa shape index (κ3) is 5.01. The maximum absolute atomic E-state index is 6.51. The standard InChI is InChI=1S/C16H25ClN2.2ClH/c1-12-6-5-7-13(17)14(12)15(16(2,3)4)19-10-8-18-9-11-19;;/h5-7,15,18H,8-11H2,1-4H3;2*1H/t15-;;/m1../s1. The molecule has 1 aromatic rings. The molecular weight excluding hydrogens is 327 g/mol. The van der Waals surface area contributed by atoms with Gasteiger partial charge in [-0.1, -0.05) is 44.5 Å². The average Bonchev–Trinajstić information content (AvgIpc) is 2.33. The quantitative estimate of drug-likeness (QED) is 0.843. The monoisotopic (exact) mass is 352 g/mol. The fourth-order valence-corrected chi connectivity index (χ4v) is 3.42. The molecule has 1 heterocycles. The van der Waals surface area contributed by atoms with E-state index in [0.717, 1.165) is 31.2 Å². The molecule has 0 aliphatic carbocycles. The Bertz CT molecular complexity index is 417. The van der Waals surface area contributed by atoms with Crippen LogP contribution in [0.25, 0.3) is 0 Å². The molecule has 2 rings (SSSR count). The van der Waals surface area contributed by atoms with Crippen LogP contribution < -0.4 is 5.32 Å². The topological polar surface area (TPSA) is 15.3 Å². The maximum atomic E-state index is 6.51. The fourth-order valence-electron chi connectivity index (χ4n) is 3.09. The molecule has 5 heteroatoms. The summed E-state index contributed by atoms with van der Waals surface area (Å²) in [6, 6.07) is 6.61. The second-order valence-corrected chi connectivity index (χ2v) is 6.93. The zero-order valence-corrected chi connectivity index (χ0v) is 15.7. The van der Waals surface area contributed by atoms with E-state index < -0.39 is 0 Å². The van der Waals surface area contributed by atoms with E-state index in [1.165, 1.54) is 11.1 Å². The Balaban J connectivity index is 0.00000200. The molecule has 1 aliphatic rings. The third-order valence-corrected chi connectivity index (χ3v) is 4.21. The molecule has 1 aliphatic heterocycles. The number of piperazine rings is 1. The zero-order valence-electron chi connectivity index (χ0n) is 13.3. The van der Waals surface area contributed by atoms with E-state index in [1.54, 1.807) is 0 Å². The number of benzene rings is 1. The molecule has 0 aromatic heterocycles. The molecule has 0 bridgehead atoms. The van der Waals surface area contributed by atoms with Gasteiger partial charge in [0.15, 0.2) is 0 Å². The minimum atomic E-state index is 0. The molecule has 0 radical (unpaired) electrons. The summed E-state index contributed by atoms with van der Waals surface area (Å²) in [5.41, 5.74) is 2.78. The summed E-state index contributed by atoms with van der Waals surface area (Å²) >= 11 is 6.51. The summed E-state index contributed by atoms with van der Waals surface area (Å²) in [5, 5.41) is 4.33. The van der Waals surface area contributed by atoms with E-state index in [0.29, 0.717) is 6.04 Å². The van der Waals surface area contributed by atoms with E-state index >= 15 is 0 Å². The van der Waals surface area contributed by atoms with Crippen molar-refractivity contribution < 1.29 is 0 Å². The lowest BCUT2D eigenvalue weighted by Gasteiger charge is -2.43. The van der Waals surface area contributed by atoms with Crippen LogP contribution in [0, 0.1) is 12.3 Å². The van der Waals surface area contributed by atoms with Gasteiger partial charge >= 0.3 is 0 Å². The summed E-state index contributed by atoms with van der Waals surface area (Å²) in [6.45, 7) is 13.4. The summed E-state index contributed by atoms with van der Waals surface area (Å²) in [7, 11) is 0. The maximum Gasteiger partial charge on any atom is 0.0456 e. The molecule has 0 amide bonds. The van der Waals surface area contributed by atoms with Crippen LogP contribution in [0.1, 0.15) is 37.9 Å². The Morgan fingerprint density at radius 1 is 1.14 bits per heavy atom. The SMILES string of the molecule is Cc1cccc(Cl)c1[C@@H](N1CCNCC1)C(C)(C)C.Cl.Cl. The van der Waals surface area contributed by atoms with Crippen molar-refractivity contribution in [1.82, 2.24) is 10.2 Å². The van der Waals surface area contributed by atoms with Crippen LogP contribution in [-0.4, -0.2) is 31.1 Å². The number of hydrogen-bond donors (Lipinski definition) is 1. The van der Waals surface area contributed by atoms with Gasteiger partial charge in [0.2, 0.25) is 0 Å². The second-order valence-electron chi connectivity index (χ2n) is 6.52. The lowest BCUT2D eigenvalue weighted by molar-refractivity contribution is 0.0858. The highest BCUT2D eigenvalue weighted by Crippen LogP contribution is 2.42. The molecule has 1 aromatic carbocycles. The van der Waals surface area contributed by atoms with Crippen LogP contribution in [0.15, 0.2) is 18.2 Å². The zero-order chi connectivity index (χ0) is 14.0. The van der Waals surface area contributed by atoms with Gasteiger partial charge < -0.3 is 5.32 Å². The van der Waals surface area contributed by atoms with E-state index in [-0.39, 0.29) is 30.2 Å². The molecule has 0 spiro atoms. The Morgan fingerprint density at radius 3 is 2.19 bits per heavy atom. The smallest absolute Gasteiger partial charge is 0.0456 e. The highest BCUT2D eigenvalue weighted by atomic mass is 35.5. The highest BCUT2D eigenvalue weighted by molar-refractivity contribution is 6.31. The molecule has 1 fully saturated rings. The van der Waals surface area contributed by atoms with Crippen molar-refractivity contribution in [3.63, 3.8) is 0 Å². The van der Waals surface area contributed by atoms with E-state index in [1.807, 2.05) is 12.1 Å². The van der Waals surface area contributed by atoms with Gasteiger partial charge in [0, 0.05) is 37.2 Å². The van der Waals surface area contributed by atoms with Gasteiger partial charge in [-0.3, -0.25) is 4.90 Å². The summed E-state index contributed by atoms with van der Waals surface area (Å²) in [4.78, 5) is 2.57. The highest BCUT2D eigenvalue weighted by Gasteiger charge is 2.34. The molecule has 122 valence electrons. The first-order valence-corrected chi connectivity index (χ1v) is 7.49. The van der Waals surface area contributed by atoms with Crippen LogP contribution in [-0.2, 0) is 0 Å². The number of halogens is 3. The number of nitrogens with zero attached hydrogens (tertiary/aromatic N) is 1. The Morgan fingerprint density at radius 2 is 1.71 bits per heavy atom. The van der Waals surface area contributed by atoms with Gasteiger partial charge in [-0.2, -0.15) is 0 Å². The number of hydrogen-bond acceptors (Lipinski definition) is 2. The largest absolute Gasteiger partial charge is 0.314 e. The Labute approximate surface area is 146 Å². The lowest BCUT2D eigenvalue weighted by Crippen LogP contribution is -2.48. The third-order valence-electron chi connectivity index (χ3n) is 3.88. The molecule has 0 unspecified atom stereocenters. The van der Waals surface area contributed by atoms with Crippen molar-refractivity contribution in [3.05, 3.63) is 34.3 Å². The minimum absolute atomic E-state index is 0. The van der Waals surface area contributed by atoms with Gasteiger partial charge in [-0.15, -0.1) is 24.8 Å². The molecule has 1 atom stereocenters. The molecule has 1 N–H and O–H groups in total. The average molecular weight is 354 g/mol. The minimum Gasteiger partial charge on any atom is -0.314 e. The van der Waals surface area contributed by atoms with Gasteiger partial charge in [0.1, 0.15) is 0 Å². The molecule has 1 saturated heterocycles. The van der Waals surface area contributed by atoms with Gasteiger partial charge in [-0.25, -0.2) is 0 Å². The predicted molar refractivity (Wildman–Crippen MR) is 97.3 cm³/mol. The Hall–Kier alpha value is 0.01000. The number of nitrogens with one attached hydrogen (secondary N) is 1. The van der Waals surface area contributed by atoms with E-state index in [4.69, 9.17) is 11.6 Å². The van der Waals surface area contributed by atoms with E-state index in [9.17, 15) is 0 Å². The van der Waals surface area contributed by atoms with Crippen LogP contribution in [0.5, 0.6) is 0 Å². The van der Waals surface area contributed by atoms with Crippen molar-refractivity contribution in [1.29, 1.82) is 0 Å². The van der Waals surface area contributed by atoms with Crippen LogP contribution in [0.3, 0.4) is 0 Å². The van der Waals surface area contributed by atoms with Crippen molar-refractivity contribution >= 4 is 36.4 Å². The Kier molecular flexibility index (Phi) is 8.60. The van der Waals surface area contributed by atoms with Gasteiger partial charge in [0.05, 0.1) is 0 Å². The van der Waals surface area contributed by atoms with Crippen molar-refractivity contribution in [2.75, 3.05) is 26.2 Å². The van der Waals surface area contributed by atoms with Crippen LogP contribution in [0.2, 0.25) is 5.02 Å². The second kappa shape index (κ2) is 8.59. The normalized spacial score (nSPS) is 17.6. The number of aryl methyl sites for hydroxylation is 1. The first-order valence-electron chi connectivity index (χ1n) is 7.11. The van der Waals surface area contributed by atoms with Crippen molar-refractivity contribution in [2.24, 2.45) is 5.41 Å². The number of rotatable bonds is 2. The summed E-state index contributed by atoms with van der Waals surface area (Å²) in [6.07, 6.45) is 0. The summed E-state index contributed by atoms with van der Waals surface area (Å²) in [5.74, 6) is 0. The summed E-state index contributed by atoms with van der Waals surface area (Å²) < 4.78 is 0. The molecule has 2 nitrogen and oxygen atoms in total. The fraction of sp³-hybridized carbons (Fsp3) is 0.625. The molecule has 21 heavy (non-hydrogen) atoms. The first kappa shape index (κ1) is 21.0. The molecule has 0 saturated carbocycles. The predicted octanol–water partition coefficient (Wildman–Crippen LogP) is 4.48. The van der Waals surface area contributed by atoms with Crippen LogP contribution in [0.4, 0.5) is 0 Å². The van der Waals surface area contributed by atoms with Gasteiger partial charge in [-0.05, 0) is 29.5 Å². The first-order chi connectivity index (χ1) is 8.91. The van der Waals surface area contributed by atoms with Crippen molar-refractivity contribution in [3.8, 4) is 0 Å². The lowest BCUT2D eigenvalue weighted by atomic mass is 9.79. The van der Waals surface area contributed by atoms with Gasteiger partial charge in [0.25, 0.3) is 0 Å². The van der Waals surface area contributed by atoms with E-state index in [2.05, 4.69) is 44.0 Å². The van der Waals surface area contributed by atoms with Crippen molar-refractivity contribution in [2.45, 2.75) is 33.7 Å². The van der Waals surface area contributed by atoms with Crippen LogP contribution >= 0.6 is 36.4 Å². The molecular formula is C16H27Cl3N2.